The summed E-state index contributed by atoms with van der Waals surface area (Å²) in [4.78, 5) is 24.7. The van der Waals surface area contributed by atoms with Gasteiger partial charge in [0.25, 0.3) is 5.91 Å². The van der Waals surface area contributed by atoms with Crippen molar-refractivity contribution >= 4 is 17.6 Å². The highest BCUT2D eigenvalue weighted by molar-refractivity contribution is 6.06. The largest absolute Gasteiger partial charge is 0.327 e. The Bertz CT molecular complexity index is 811. The number of aryl methyl sites for hydroxylation is 1. The van der Waals surface area contributed by atoms with Gasteiger partial charge < -0.3 is 16.0 Å². The zero-order valence-electron chi connectivity index (χ0n) is 14.3. The second-order valence-electron chi connectivity index (χ2n) is 5.99. The summed E-state index contributed by atoms with van der Waals surface area (Å²) in [5.41, 5.74) is 3.86. The first kappa shape index (κ1) is 16.8. The number of carbonyl (C=O) groups excluding carboxylic acids is 2. The summed E-state index contributed by atoms with van der Waals surface area (Å²) < 4.78 is 0. The molecule has 3 N–H and O–H groups in total. The van der Waals surface area contributed by atoms with Crippen LogP contribution in [-0.4, -0.2) is 11.9 Å². The SMILES string of the molecule is CCc1ccc([C@@H]2NC(=O)NC(C)=C2C(=O)Nc2ccccc2)cc1. The average molecular weight is 335 g/mol. The Morgan fingerprint density at radius 2 is 1.76 bits per heavy atom. The molecule has 1 atom stereocenters. The number of amides is 3. The van der Waals surface area contributed by atoms with E-state index in [0.29, 0.717) is 17.0 Å². The molecule has 128 valence electrons. The van der Waals surface area contributed by atoms with Crippen LogP contribution in [0.3, 0.4) is 0 Å². The van der Waals surface area contributed by atoms with Crippen molar-refractivity contribution in [3.8, 4) is 0 Å². The van der Waals surface area contributed by atoms with Gasteiger partial charge in [-0.3, -0.25) is 4.79 Å². The molecule has 1 aliphatic heterocycles. The van der Waals surface area contributed by atoms with E-state index < -0.39 is 6.04 Å². The molecule has 2 aromatic carbocycles. The lowest BCUT2D eigenvalue weighted by Gasteiger charge is -2.28. The van der Waals surface area contributed by atoms with Crippen LogP contribution in [-0.2, 0) is 11.2 Å². The molecule has 3 rings (SSSR count). The molecule has 5 nitrogen and oxygen atoms in total. The number of nitrogens with one attached hydrogen (secondary N) is 3. The van der Waals surface area contributed by atoms with Gasteiger partial charge in [-0.15, -0.1) is 0 Å². The fraction of sp³-hybridized carbons (Fsp3) is 0.200. The van der Waals surface area contributed by atoms with Gasteiger partial charge in [-0.1, -0.05) is 49.4 Å². The second-order valence-corrected chi connectivity index (χ2v) is 5.99. The topological polar surface area (TPSA) is 70.2 Å². The average Bonchev–Trinajstić information content (AvgIpc) is 2.62. The van der Waals surface area contributed by atoms with Crippen LogP contribution in [0.25, 0.3) is 0 Å². The van der Waals surface area contributed by atoms with Crippen molar-refractivity contribution in [1.82, 2.24) is 10.6 Å². The number of benzene rings is 2. The molecule has 0 saturated carbocycles. The van der Waals surface area contributed by atoms with Gasteiger partial charge in [0, 0.05) is 11.4 Å². The number of para-hydroxylation sites is 1. The molecule has 0 unspecified atom stereocenters. The smallest absolute Gasteiger partial charge is 0.319 e. The number of anilines is 1. The van der Waals surface area contributed by atoms with Crippen molar-refractivity contribution in [2.75, 3.05) is 5.32 Å². The van der Waals surface area contributed by atoms with Crippen LogP contribution in [0.4, 0.5) is 10.5 Å². The molecule has 0 aromatic heterocycles. The Balaban J connectivity index is 1.93. The highest BCUT2D eigenvalue weighted by Crippen LogP contribution is 2.28. The summed E-state index contributed by atoms with van der Waals surface area (Å²) in [6.07, 6.45) is 0.940. The maximum atomic E-state index is 12.8. The first-order chi connectivity index (χ1) is 12.1. The maximum Gasteiger partial charge on any atom is 0.319 e. The molecule has 1 heterocycles. The number of allylic oxidation sites excluding steroid dienone is 1. The van der Waals surface area contributed by atoms with Gasteiger partial charge in [-0.25, -0.2) is 4.79 Å². The third-order valence-corrected chi connectivity index (χ3v) is 4.27. The number of carbonyl (C=O) groups is 2. The molecule has 0 bridgehead atoms. The van der Waals surface area contributed by atoms with E-state index in [-0.39, 0.29) is 11.9 Å². The summed E-state index contributed by atoms with van der Waals surface area (Å²) in [5, 5.41) is 8.43. The Labute approximate surface area is 147 Å². The van der Waals surface area contributed by atoms with Gasteiger partial charge in [0.15, 0.2) is 0 Å². The van der Waals surface area contributed by atoms with Crippen molar-refractivity contribution in [3.05, 3.63) is 77.0 Å². The van der Waals surface area contributed by atoms with Crippen molar-refractivity contribution in [2.45, 2.75) is 26.3 Å². The molecule has 3 amide bonds. The normalized spacial score (nSPS) is 16.9. The predicted octanol–water partition coefficient (Wildman–Crippen LogP) is 3.52. The van der Waals surface area contributed by atoms with Crippen LogP contribution in [0.2, 0.25) is 0 Å². The Hall–Kier alpha value is -3.08. The van der Waals surface area contributed by atoms with Crippen molar-refractivity contribution in [2.24, 2.45) is 0 Å². The van der Waals surface area contributed by atoms with Crippen molar-refractivity contribution in [1.29, 1.82) is 0 Å². The number of hydrogen-bond acceptors (Lipinski definition) is 2. The number of hydrogen-bond donors (Lipinski definition) is 3. The van der Waals surface area contributed by atoms with E-state index in [1.165, 1.54) is 5.56 Å². The van der Waals surface area contributed by atoms with E-state index >= 15 is 0 Å². The summed E-state index contributed by atoms with van der Waals surface area (Å²) in [5.74, 6) is -0.235. The minimum Gasteiger partial charge on any atom is -0.327 e. The van der Waals surface area contributed by atoms with E-state index in [2.05, 4.69) is 22.9 Å². The van der Waals surface area contributed by atoms with Crippen molar-refractivity contribution < 1.29 is 9.59 Å². The Morgan fingerprint density at radius 3 is 2.40 bits per heavy atom. The lowest BCUT2D eigenvalue weighted by Crippen LogP contribution is -2.45. The molecular formula is C20H21N3O2. The predicted molar refractivity (Wildman–Crippen MR) is 98.0 cm³/mol. The minimum atomic E-state index is -0.483. The van der Waals surface area contributed by atoms with Crippen LogP contribution in [0.5, 0.6) is 0 Å². The first-order valence-electron chi connectivity index (χ1n) is 8.32. The van der Waals surface area contributed by atoms with Crippen LogP contribution in [0.1, 0.15) is 31.0 Å². The molecular weight excluding hydrogens is 314 g/mol. The number of rotatable bonds is 4. The van der Waals surface area contributed by atoms with Gasteiger partial charge in [-0.05, 0) is 36.6 Å². The van der Waals surface area contributed by atoms with E-state index in [0.717, 1.165) is 12.0 Å². The van der Waals surface area contributed by atoms with Crippen LogP contribution in [0.15, 0.2) is 65.9 Å². The Morgan fingerprint density at radius 1 is 1.08 bits per heavy atom. The van der Waals surface area contributed by atoms with Gasteiger partial charge in [0.2, 0.25) is 0 Å². The molecule has 0 radical (unpaired) electrons. The summed E-state index contributed by atoms with van der Waals surface area (Å²) in [6.45, 7) is 3.83. The van der Waals surface area contributed by atoms with Gasteiger partial charge in [-0.2, -0.15) is 0 Å². The molecule has 0 fully saturated rings. The van der Waals surface area contributed by atoms with E-state index in [1.54, 1.807) is 6.92 Å². The van der Waals surface area contributed by atoms with Crippen LogP contribution >= 0.6 is 0 Å². The fourth-order valence-corrected chi connectivity index (χ4v) is 2.91. The molecule has 5 heteroatoms. The van der Waals surface area contributed by atoms with Crippen LogP contribution < -0.4 is 16.0 Å². The van der Waals surface area contributed by atoms with Crippen molar-refractivity contribution in [3.63, 3.8) is 0 Å². The number of urea groups is 1. The standard InChI is InChI=1S/C20H21N3O2/c1-3-14-9-11-15(12-10-14)18-17(13(2)21-20(25)23-18)19(24)22-16-7-5-4-6-8-16/h4-12,18H,3H2,1-2H3,(H,22,24)(H2,21,23,25)/t18-/m0/s1. The highest BCUT2D eigenvalue weighted by atomic mass is 16.2. The first-order valence-corrected chi connectivity index (χ1v) is 8.32. The molecule has 2 aromatic rings. The highest BCUT2D eigenvalue weighted by Gasteiger charge is 2.31. The summed E-state index contributed by atoms with van der Waals surface area (Å²) >= 11 is 0. The third-order valence-electron chi connectivity index (χ3n) is 4.27. The maximum absolute atomic E-state index is 12.8. The molecule has 25 heavy (non-hydrogen) atoms. The molecule has 0 spiro atoms. The van der Waals surface area contributed by atoms with E-state index in [4.69, 9.17) is 0 Å². The lowest BCUT2D eigenvalue weighted by atomic mass is 9.94. The quantitative estimate of drug-likeness (QED) is 0.800. The molecule has 1 aliphatic rings. The monoisotopic (exact) mass is 335 g/mol. The van der Waals surface area contributed by atoms with E-state index in [1.807, 2.05) is 54.6 Å². The van der Waals surface area contributed by atoms with Crippen LogP contribution in [0, 0.1) is 0 Å². The zero-order chi connectivity index (χ0) is 17.8. The third kappa shape index (κ3) is 3.71. The van der Waals surface area contributed by atoms with Gasteiger partial charge in [0.05, 0.1) is 11.6 Å². The summed E-state index contributed by atoms with van der Waals surface area (Å²) in [7, 11) is 0. The van der Waals surface area contributed by atoms with E-state index in [9.17, 15) is 9.59 Å². The van der Waals surface area contributed by atoms with Gasteiger partial charge in [0.1, 0.15) is 0 Å². The zero-order valence-corrected chi connectivity index (χ0v) is 14.3. The molecule has 0 aliphatic carbocycles. The summed E-state index contributed by atoms with van der Waals surface area (Å²) in [6, 6.07) is 16.4. The van der Waals surface area contributed by atoms with Gasteiger partial charge >= 0.3 is 6.03 Å². The molecule has 0 saturated heterocycles. The fourth-order valence-electron chi connectivity index (χ4n) is 2.91. The Kier molecular flexibility index (Phi) is 4.84. The second kappa shape index (κ2) is 7.21. The lowest BCUT2D eigenvalue weighted by molar-refractivity contribution is -0.113. The minimum absolute atomic E-state index is 0.235.